The zero-order valence-corrected chi connectivity index (χ0v) is 22.2. The number of ether oxygens (including phenoxy) is 1. The molecule has 8 heteroatoms. The van der Waals surface area contributed by atoms with E-state index in [0.717, 1.165) is 16.8 Å². The summed E-state index contributed by atoms with van der Waals surface area (Å²) in [7, 11) is 0. The minimum absolute atomic E-state index is 0.0394. The maximum Gasteiger partial charge on any atom is 0.311 e. The van der Waals surface area contributed by atoms with Gasteiger partial charge in [0.1, 0.15) is 6.04 Å². The summed E-state index contributed by atoms with van der Waals surface area (Å²) in [4.78, 5) is 44.9. The third-order valence-electron chi connectivity index (χ3n) is 7.96. The molecule has 4 rings (SSSR count). The van der Waals surface area contributed by atoms with E-state index in [1.165, 1.54) is 4.90 Å². The quantitative estimate of drug-likeness (QED) is 0.294. The average Bonchev–Trinajstić information content (AvgIpc) is 3.39. The van der Waals surface area contributed by atoms with E-state index >= 15 is 0 Å². The van der Waals surface area contributed by atoms with Gasteiger partial charge in [-0.15, -0.1) is 24.9 Å². The highest BCUT2D eigenvalue weighted by Gasteiger charge is 2.77. The number of benzene rings is 1. The number of esters is 1. The van der Waals surface area contributed by atoms with Crippen LogP contribution in [0.3, 0.4) is 0 Å². The SMILES string of the molecule is C=CCCOC(=O)[C@@H]1[C@H]2C(=O)N(CCO)C(C(=O)N(CC=C)c3c(C)cccc3C)C23CC[C@@]1(C)S3. The molecule has 1 N–H and O–H groups in total. The molecule has 3 saturated heterocycles. The van der Waals surface area contributed by atoms with Crippen molar-refractivity contribution in [3.05, 3.63) is 54.6 Å². The predicted molar refractivity (Wildman–Crippen MR) is 142 cm³/mol. The third-order valence-corrected chi connectivity index (χ3v) is 9.94. The molecular weight excluding hydrogens is 476 g/mol. The zero-order valence-electron chi connectivity index (χ0n) is 21.4. The number of aliphatic hydroxyl groups excluding tert-OH is 1. The molecule has 3 fully saturated rings. The van der Waals surface area contributed by atoms with Crippen LogP contribution in [0.15, 0.2) is 43.5 Å². The third kappa shape index (κ3) is 3.98. The molecule has 0 saturated carbocycles. The van der Waals surface area contributed by atoms with Gasteiger partial charge in [-0.25, -0.2) is 0 Å². The van der Waals surface area contributed by atoms with Crippen LogP contribution in [0.25, 0.3) is 0 Å². The number of hydrogen-bond donors (Lipinski definition) is 1. The number of thioether (sulfide) groups is 1. The number of hydrogen-bond acceptors (Lipinski definition) is 6. The number of nitrogens with zero attached hydrogens (tertiary/aromatic N) is 2. The second kappa shape index (κ2) is 10.1. The van der Waals surface area contributed by atoms with Gasteiger partial charge in [0, 0.05) is 23.5 Å². The summed E-state index contributed by atoms with van der Waals surface area (Å²) in [6.07, 6.45) is 5.27. The van der Waals surface area contributed by atoms with Crippen molar-refractivity contribution in [3.63, 3.8) is 0 Å². The van der Waals surface area contributed by atoms with E-state index < -0.39 is 27.4 Å². The van der Waals surface area contributed by atoms with Gasteiger partial charge in [0.2, 0.25) is 5.91 Å². The number of rotatable bonds is 10. The number of aryl methyl sites for hydroxylation is 2. The summed E-state index contributed by atoms with van der Waals surface area (Å²) >= 11 is 1.60. The molecule has 7 nitrogen and oxygen atoms in total. The Morgan fingerprint density at radius 1 is 1.25 bits per heavy atom. The van der Waals surface area contributed by atoms with Crippen LogP contribution in [0.1, 0.15) is 37.3 Å². The number of β-amino-alcohol motifs (C(OH)–C–C–N with tert-alkyl or cyclic N) is 1. The maximum atomic E-state index is 14.5. The fraction of sp³-hybridized carbons (Fsp3) is 0.536. The number of aliphatic hydroxyl groups is 1. The molecule has 1 aromatic carbocycles. The Kier molecular flexibility index (Phi) is 7.40. The second-order valence-electron chi connectivity index (χ2n) is 10.2. The largest absolute Gasteiger partial charge is 0.465 e. The Labute approximate surface area is 217 Å². The number of carbonyl (C=O) groups excluding carboxylic acids is 3. The Morgan fingerprint density at radius 3 is 2.56 bits per heavy atom. The first-order valence-electron chi connectivity index (χ1n) is 12.5. The normalized spacial score (nSPS) is 30.3. The summed E-state index contributed by atoms with van der Waals surface area (Å²) in [5.41, 5.74) is 2.72. The minimum Gasteiger partial charge on any atom is -0.465 e. The highest BCUT2D eigenvalue weighted by Crippen LogP contribution is 2.71. The lowest BCUT2D eigenvalue weighted by Gasteiger charge is -2.37. The first-order valence-corrected chi connectivity index (χ1v) is 13.4. The van der Waals surface area contributed by atoms with E-state index in [9.17, 15) is 19.5 Å². The number of fused-ring (bicyclic) bond motifs is 1. The maximum absolute atomic E-state index is 14.5. The van der Waals surface area contributed by atoms with E-state index in [0.29, 0.717) is 19.3 Å². The Morgan fingerprint density at radius 2 is 1.94 bits per heavy atom. The minimum atomic E-state index is -0.793. The van der Waals surface area contributed by atoms with Crippen LogP contribution in [-0.4, -0.2) is 69.6 Å². The van der Waals surface area contributed by atoms with E-state index in [1.807, 2.05) is 39.0 Å². The van der Waals surface area contributed by atoms with Gasteiger partial charge in [-0.05, 0) is 51.2 Å². The molecule has 2 amide bonds. The first-order chi connectivity index (χ1) is 17.2. The summed E-state index contributed by atoms with van der Waals surface area (Å²) in [6, 6.07) is 5.09. The van der Waals surface area contributed by atoms with Crippen molar-refractivity contribution in [2.24, 2.45) is 11.8 Å². The fourth-order valence-corrected chi connectivity index (χ4v) is 8.88. The summed E-state index contributed by atoms with van der Waals surface area (Å²) in [6.45, 7) is 13.8. The van der Waals surface area contributed by atoms with Crippen molar-refractivity contribution in [3.8, 4) is 0 Å². The molecule has 1 spiro atoms. The molecule has 2 bridgehead atoms. The topological polar surface area (TPSA) is 87.1 Å². The van der Waals surface area contributed by atoms with Crippen molar-refractivity contribution < 1.29 is 24.2 Å². The smallest absolute Gasteiger partial charge is 0.311 e. The molecule has 5 atom stereocenters. The van der Waals surface area contributed by atoms with E-state index in [1.54, 1.807) is 28.8 Å². The lowest BCUT2D eigenvalue weighted by molar-refractivity contribution is -0.155. The van der Waals surface area contributed by atoms with Crippen molar-refractivity contribution >= 4 is 35.2 Å². The van der Waals surface area contributed by atoms with Gasteiger partial charge in [-0.3, -0.25) is 14.4 Å². The van der Waals surface area contributed by atoms with Crippen molar-refractivity contribution in [2.45, 2.75) is 55.6 Å². The van der Waals surface area contributed by atoms with Crippen LogP contribution < -0.4 is 4.90 Å². The molecule has 0 aliphatic carbocycles. The van der Waals surface area contributed by atoms with E-state index in [-0.39, 0.29) is 44.1 Å². The molecule has 194 valence electrons. The Balaban J connectivity index is 1.78. The number of anilines is 1. The lowest BCUT2D eigenvalue weighted by atomic mass is 9.66. The lowest BCUT2D eigenvalue weighted by Crippen LogP contribution is -2.55. The van der Waals surface area contributed by atoms with Gasteiger partial charge in [0.05, 0.1) is 29.8 Å². The van der Waals surface area contributed by atoms with Crippen molar-refractivity contribution in [2.75, 3.05) is 31.2 Å². The Bertz CT molecular complexity index is 1070. The fourth-order valence-electron chi connectivity index (χ4n) is 6.54. The molecular formula is C28H36N2O5S. The second-order valence-corrected chi connectivity index (χ2v) is 12.1. The standard InChI is InChI=1S/C28H36N2O5S/c1-6-8-17-35-26(34)21-20-24(32)30(15-16-31)23(28(20)13-12-27(21,5)36-28)25(33)29(14-7-2)22-18(3)10-9-11-19(22)4/h6-7,9-11,20-21,23,31H,1-2,8,12-17H2,3-5H3/t20-,21-,23?,27+,28?/m0/s1. The van der Waals surface area contributed by atoms with Gasteiger partial charge in [0.15, 0.2) is 0 Å². The van der Waals surface area contributed by atoms with Gasteiger partial charge in [-0.1, -0.05) is 30.4 Å². The monoisotopic (exact) mass is 512 g/mol. The highest BCUT2D eigenvalue weighted by molar-refractivity contribution is 8.02. The van der Waals surface area contributed by atoms with Crippen LogP contribution in [0.5, 0.6) is 0 Å². The molecule has 3 aliphatic rings. The molecule has 2 unspecified atom stereocenters. The number of carbonyl (C=O) groups is 3. The van der Waals surface area contributed by atoms with Crippen LogP contribution in [0.2, 0.25) is 0 Å². The van der Waals surface area contributed by atoms with E-state index in [4.69, 9.17) is 4.74 Å². The van der Waals surface area contributed by atoms with Gasteiger partial charge in [0.25, 0.3) is 5.91 Å². The zero-order chi connectivity index (χ0) is 26.3. The van der Waals surface area contributed by atoms with Crippen LogP contribution >= 0.6 is 11.8 Å². The predicted octanol–water partition coefficient (Wildman–Crippen LogP) is 3.42. The van der Waals surface area contributed by atoms with Crippen LogP contribution in [-0.2, 0) is 19.1 Å². The summed E-state index contributed by atoms with van der Waals surface area (Å²) < 4.78 is 4.32. The van der Waals surface area contributed by atoms with Crippen molar-refractivity contribution in [1.82, 2.24) is 4.90 Å². The number of amides is 2. The van der Waals surface area contributed by atoms with Gasteiger partial charge < -0.3 is 19.6 Å². The van der Waals surface area contributed by atoms with Crippen LogP contribution in [0.4, 0.5) is 5.69 Å². The van der Waals surface area contributed by atoms with Crippen molar-refractivity contribution in [1.29, 1.82) is 0 Å². The summed E-state index contributed by atoms with van der Waals surface area (Å²) in [5, 5.41) is 9.85. The molecule has 0 radical (unpaired) electrons. The first kappa shape index (κ1) is 26.5. The van der Waals surface area contributed by atoms with E-state index in [2.05, 4.69) is 13.2 Å². The molecule has 1 aromatic rings. The van der Waals surface area contributed by atoms with Gasteiger partial charge in [-0.2, -0.15) is 0 Å². The van der Waals surface area contributed by atoms with Gasteiger partial charge >= 0.3 is 5.97 Å². The highest BCUT2D eigenvalue weighted by atomic mass is 32.2. The summed E-state index contributed by atoms with van der Waals surface area (Å²) in [5.74, 6) is -2.14. The molecule has 0 aromatic heterocycles. The molecule has 3 heterocycles. The van der Waals surface area contributed by atoms with Crippen LogP contribution in [0, 0.1) is 25.7 Å². The molecule has 36 heavy (non-hydrogen) atoms. The average molecular weight is 513 g/mol. The number of para-hydroxylation sites is 1. The number of likely N-dealkylation sites (tertiary alicyclic amines) is 1. The Hall–Kier alpha value is -2.58. The molecule has 3 aliphatic heterocycles.